The average molecular weight is 329 g/mol. The molecule has 4 rings (SSSR count). The predicted octanol–water partition coefficient (Wildman–Crippen LogP) is 5.77. The molecule has 1 aliphatic rings. The molecule has 3 aromatic carbocycles. The van der Waals surface area contributed by atoms with Gasteiger partial charge in [0.15, 0.2) is 0 Å². The second-order valence-corrected chi connectivity index (χ2v) is 7.64. The normalized spacial score (nSPS) is 18.8. The van der Waals surface area contributed by atoms with Crippen LogP contribution >= 0.6 is 0 Å². The Kier molecular flexibility index (Phi) is 3.64. The van der Waals surface area contributed by atoms with Gasteiger partial charge in [-0.1, -0.05) is 61.5 Å². The van der Waals surface area contributed by atoms with Crippen molar-refractivity contribution in [2.24, 2.45) is 0 Å². The van der Waals surface area contributed by atoms with Crippen LogP contribution in [-0.4, -0.2) is 11.4 Å². The van der Waals surface area contributed by atoms with Crippen molar-refractivity contribution in [3.63, 3.8) is 0 Å². The van der Waals surface area contributed by atoms with E-state index < -0.39 is 0 Å². The second-order valence-electron chi connectivity index (χ2n) is 7.64. The lowest BCUT2D eigenvalue weighted by molar-refractivity contribution is 0.0955. The monoisotopic (exact) mass is 329 g/mol. The largest absolute Gasteiger partial charge is 0.302 e. The molecule has 2 heteroatoms. The molecular weight excluding hydrogens is 306 g/mol. The van der Waals surface area contributed by atoms with Crippen LogP contribution in [-0.2, 0) is 0 Å². The van der Waals surface area contributed by atoms with E-state index in [2.05, 4.69) is 51.1 Å². The number of anilines is 1. The highest BCUT2D eigenvalue weighted by molar-refractivity contribution is 6.15. The molecule has 1 amide bonds. The van der Waals surface area contributed by atoms with Gasteiger partial charge in [0, 0.05) is 16.8 Å². The first-order valence-corrected chi connectivity index (χ1v) is 8.90. The molecular formula is C23H23NO. The van der Waals surface area contributed by atoms with Gasteiger partial charge in [-0.25, -0.2) is 0 Å². The summed E-state index contributed by atoms with van der Waals surface area (Å²) in [6, 6.07) is 22.4. The van der Waals surface area contributed by atoms with Crippen molar-refractivity contribution in [1.29, 1.82) is 0 Å². The minimum absolute atomic E-state index is 0.0844. The summed E-state index contributed by atoms with van der Waals surface area (Å²) in [6.07, 6.45) is 0.959. The zero-order valence-corrected chi connectivity index (χ0v) is 15.0. The van der Waals surface area contributed by atoms with E-state index in [1.807, 2.05) is 41.3 Å². The van der Waals surface area contributed by atoms with Crippen LogP contribution in [0.3, 0.4) is 0 Å². The van der Waals surface area contributed by atoms with Crippen molar-refractivity contribution in [3.05, 3.63) is 77.9 Å². The molecule has 1 heterocycles. The summed E-state index contributed by atoms with van der Waals surface area (Å²) in [5, 5.41) is 2.12. The fourth-order valence-corrected chi connectivity index (χ4v) is 4.30. The molecule has 0 aromatic heterocycles. The zero-order chi connectivity index (χ0) is 17.6. The third kappa shape index (κ3) is 2.53. The van der Waals surface area contributed by atoms with Crippen LogP contribution in [0, 0.1) is 0 Å². The standard InChI is InChI=1S/C23H23NO/c1-16-15-23(2,3)24(21-14-7-6-11-18(16)21)22(25)20-13-8-10-17-9-4-5-12-19(17)20/h4-14,16H,15H2,1-3H3. The maximum absolute atomic E-state index is 13.6. The van der Waals surface area contributed by atoms with Crippen LogP contribution in [0.1, 0.15) is 49.0 Å². The molecule has 25 heavy (non-hydrogen) atoms. The van der Waals surface area contributed by atoms with E-state index in [1.54, 1.807) is 0 Å². The summed E-state index contributed by atoms with van der Waals surface area (Å²) >= 11 is 0. The van der Waals surface area contributed by atoms with Gasteiger partial charge in [0.05, 0.1) is 0 Å². The van der Waals surface area contributed by atoms with Gasteiger partial charge in [0.1, 0.15) is 0 Å². The lowest BCUT2D eigenvalue weighted by Gasteiger charge is -2.46. The molecule has 1 atom stereocenters. The topological polar surface area (TPSA) is 20.3 Å². The number of carbonyl (C=O) groups is 1. The van der Waals surface area contributed by atoms with Crippen molar-refractivity contribution in [1.82, 2.24) is 0 Å². The molecule has 0 saturated heterocycles. The Labute approximate surface area is 149 Å². The molecule has 0 N–H and O–H groups in total. The Balaban J connectivity index is 1.90. The van der Waals surface area contributed by atoms with Gasteiger partial charge < -0.3 is 4.90 Å². The minimum Gasteiger partial charge on any atom is -0.302 e. The fourth-order valence-electron chi connectivity index (χ4n) is 4.30. The number of fused-ring (bicyclic) bond motifs is 2. The van der Waals surface area contributed by atoms with Gasteiger partial charge in [-0.15, -0.1) is 0 Å². The molecule has 126 valence electrons. The second kappa shape index (κ2) is 5.73. The van der Waals surface area contributed by atoms with Gasteiger partial charge in [-0.3, -0.25) is 4.79 Å². The van der Waals surface area contributed by atoms with Crippen molar-refractivity contribution >= 4 is 22.4 Å². The van der Waals surface area contributed by atoms with Crippen molar-refractivity contribution < 1.29 is 4.79 Å². The van der Waals surface area contributed by atoms with E-state index in [4.69, 9.17) is 0 Å². The third-order valence-electron chi connectivity index (χ3n) is 5.34. The number of carbonyl (C=O) groups excluding carboxylic acids is 1. The van der Waals surface area contributed by atoms with Gasteiger partial charge in [0.2, 0.25) is 0 Å². The Morgan fingerprint density at radius 2 is 1.64 bits per heavy atom. The van der Waals surface area contributed by atoms with Crippen LogP contribution in [0.4, 0.5) is 5.69 Å². The van der Waals surface area contributed by atoms with Crippen LogP contribution in [0.25, 0.3) is 10.8 Å². The summed E-state index contributed by atoms with van der Waals surface area (Å²) in [7, 11) is 0. The van der Waals surface area contributed by atoms with E-state index in [1.165, 1.54) is 5.56 Å². The number of rotatable bonds is 1. The molecule has 1 aliphatic heterocycles. The molecule has 0 bridgehead atoms. The summed E-state index contributed by atoms with van der Waals surface area (Å²) in [4.78, 5) is 15.6. The van der Waals surface area contributed by atoms with Crippen LogP contribution in [0.15, 0.2) is 66.7 Å². The third-order valence-corrected chi connectivity index (χ3v) is 5.34. The smallest absolute Gasteiger partial charge is 0.259 e. The molecule has 0 spiro atoms. The van der Waals surface area contributed by atoms with E-state index in [0.717, 1.165) is 28.4 Å². The Morgan fingerprint density at radius 1 is 0.960 bits per heavy atom. The van der Waals surface area contributed by atoms with Gasteiger partial charge in [-0.05, 0) is 54.7 Å². The summed E-state index contributed by atoms with van der Waals surface area (Å²) in [5.74, 6) is 0.531. The van der Waals surface area contributed by atoms with Crippen molar-refractivity contribution in [2.75, 3.05) is 4.90 Å². The Hall–Kier alpha value is -2.61. The summed E-state index contributed by atoms with van der Waals surface area (Å²) in [5.41, 5.74) is 2.86. The number of hydrogen-bond donors (Lipinski definition) is 0. The van der Waals surface area contributed by atoms with Crippen molar-refractivity contribution in [3.8, 4) is 0 Å². The lowest BCUT2D eigenvalue weighted by Crippen LogP contribution is -2.51. The van der Waals surface area contributed by atoms with Crippen molar-refractivity contribution in [2.45, 2.75) is 38.6 Å². The quantitative estimate of drug-likeness (QED) is 0.555. The molecule has 0 radical (unpaired) electrons. The number of para-hydroxylation sites is 1. The first-order valence-electron chi connectivity index (χ1n) is 8.90. The Bertz CT molecular complexity index is 952. The first kappa shape index (κ1) is 15.9. The SMILES string of the molecule is CC1CC(C)(C)N(C(=O)c2cccc3ccccc23)c2ccccc21. The predicted molar refractivity (Wildman–Crippen MR) is 104 cm³/mol. The summed E-state index contributed by atoms with van der Waals surface area (Å²) in [6.45, 7) is 6.59. The molecule has 1 unspecified atom stereocenters. The molecule has 3 aromatic rings. The Morgan fingerprint density at radius 3 is 2.48 bits per heavy atom. The molecule has 0 saturated carbocycles. The zero-order valence-electron chi connectivity index (χ0n) is 15.0. The van der Waals surface area contributed by atoms with E-state index >= 15 is 0 Å². The number of benzene rings is 3. The highest BCUT2D eigenvalue weighted by Gasteiger charge is 2.40. The number of nitrogens with zero attached hydrogens (tertiary/aromatic N) is 1. The maximum Gasteiger partial charge on any atom is 0.259 e. The van der Waals surface area contributed by atoms with E-state index in [-0.39, 0.29) is 11.4 Å². The van der Waals surface area contributed by atoms with E-state index in [9.17, 15) is 4.79 Å². The van der Waals surface area contributed by atoms with Crippen LogP contribution in [0.5, 0.6) is 0 Å². The van der Waals surface area contributed by atoms with Crippen LogP contribution in [0.2, 0.25) is 0 Å². The first-order chi connectivity index (χ1) is 12.0. The fraction of sp³-hybridized carbons (Fsp3) is 0.261. The maximum atomic E-state index is 13.6. The number of hydrogen-bond acceptors (Lipinski definition) is 1. The van der Waals surface area contributed by atoms with E-state index in [0.29, 0.717) is 5.92 Å². The highest BCUT2D eigenvalue weighted by atomic mass is 16.2. The van der Waals surface area contributed by atoms with Crippen LogP contribution < -0.4 is 4.90 Å². The van der Waals surface area contributed by atoms with Gasteiger partial charge in [0.25, 0.3) is 5.91 Å². The van der Waals surface area contributed by atoms with Gasteiger partial charge >= 0.3 is 0 Å². The number of amides is 1. The molecule has 0 aliphatic carbocycles. The highest BCUT2D eigenvalue weighted by Crippen LogP contribution is 2.44. The molecule has 0 fully saturated rings. The lowest BCUT2D eigenvalue weighted by atomic mass is 9.79. The minimum atomic E-state index is -0.220. The summed E-state index contributed by atoms with van der Waals surface area (Å²) < 4.78 is 0. The van der Waals surface area contributed by atoms with Gasteiger partial charge in [-0.2, -0.15) is 0 Å². The average Bonchev–Trinajstić information content (AvgIpc) is 2.60. The molecule has 2 nitrogen and oxygen atoms in total.